The molecule has 0 saturated heterocycles. The zero-order valence-electron chi connectivity index (χ0n) is 20.4. The number of esters is 1. The third kappa shape index (κ3) is 4.06. The minimum atomic E-state index is -2.01. The fourth-order valence-corrected chi connectivity index (χ4v) is 5.37. The fourth-order valence-electron chi connectivity index (χ4n) is 4.91. The second-order valence-electron chi connectivity index (χ2n) is 8.80. The molecule has 37 heavy (non-hydrogen) atoms. The number of carbonyl (C=O) groups excluding carboxylic acids is 3. The van der Waals surface area contributed by atoms with Crippen LogP contribution in [0.5, 0.6) is 23.0 Å². The molecule has 0 radical (unpaired) electrons. The van der Waals surface area contributed by atoms with E-state index >= 15 is 0 Å². The molecule has 3 atom stereocenters. The number of rotatable bonds is 6. The fraction of sp³-hybridized carbons (Fsp3) is 0.346. The van der Waals surface area contributed by atoms with Crippen molar-refractivity contribution in [2.24, 2.45) is 5.92 Å². The van der Waals surface area contributed by atoms with Gasteiger partial charge in [0.25, 0.3) is 0 Å². The summed E-state index contributed by atoms with van der Waals surface area (Å²) in [7, 11) is 3.93. The number of methoxy groups -OCH3 is 3. The van der Waals surface area contributed by atoms with Crippen molar-refractivity contribution in [3.05, 3.63) is 56.8 Å². The van der Waals surface area contributed by atoms with Gasteiger partial charge < -0.3 is 29.2 Å². The molecular weight excluding hydrogens is 527 g/mol. The number of halogens is 2. The predicted octanol–water partition coefficient (Wildman–Crippen LogP) is 4.80. The third-order valence-corrected chi connectivity index (χ3v) is 7.49. The van der Waals surface area contributed by atoms with Crippen molar-refractivity contribution in [1.29, 1.82) is 0 Å². The number of carbonyl (C=O) groups is 3. The number of phenols is 1. The van der Waals surface area contributed by atoms with Gasteiger partial charge in [-0.25, -0.2) is 0 Å². The van der Waals surface area contributed by atoms with Crippen molar-refractivity contribution >= 4 is 40.7 Å². The number of hydrogen-bond acceptors (Lipinski definition) is 9. The van der Waals surface area contributed by atoms with Gasteiger partial charge in [-0.3, -0.25) is 14.4 Å². The molecule has 9 nitrogen and oxygen atoms in total. The summed E-state index contributed by atoms with van der Waals surface area (Å²) in [5, 5.41) is 21.5. The Kier molecular flexibility index (Phi) is 7.05. The summed E-state index contributed by atoms with van der Waals surface area (Å²) in [5.41, 5.74) is -1.87. The van der Waals surface area contributed by atoms with Gasteiger partial charge in [-0.2, -0.15) is 0 Å². The minimum Gasteiger partial charge on any atom is -0.507 e. The van der Waals surface area contributed by atoms with Gasteiger partial charge in [0.2, 0.25) is 11.4 Å². The van der Waals surface area contributed by atoms with E-state index in [-0.39, 0.29) is 57.0 Å². The number of benzene rings is 2. The van der Waals surface area contributed by atoms with Crippen molar-refractivity contribution in [1.82, 2.24) is 0 Å². The average molecular weight is 551 g/mol. The lowest BCUT2D eigenvalue weighted by Crippen LogP contribution is -2.53. The Morgan fingerprint density at radius 2 is 1.81 bits per heavy atom. The van der Waals surface area contributed by atoms with Crippen LogP contribution in [0.25, 0.3) is 0 Å². The number of hydrogen-bond donors (Lipinski definition) is 2. The summed E-state index contributed by atoms with van der Waals surface area (Å²) in [4.78, 5) is 39.7. The van der Waals surface area contributed by atoms with E-state index in [0.29, 0.717) is 5.56 Å². The van der Waals surface area contributed by atoms with E-state index < -0.39 is 40.7 Å². The molecule has 1 heterocycles. The van der Waals surface area contributed by atoms with Crippen LogP contribution in [0, 0.1) is 5.92 Å². The van der Waals surface area contributed by atoms with Crippen LogP contribution in [-0.2, 0) is 14.3 Å². The molecular formula is C26H24Cl2O9. The van der Waals surface area contributed by atoms with Crippen molar-refractivity contribution in [2.75, 3.05) is 21.3 Å². The van der Waals surface area contributed by atoms with Gasteiger partial charge in [-0.15, -0.1) is 0 Å². The molecule has 0 aromatic heterocycles. The van der Waals surface area contributed by atoms with E-state index in [9.17, 15) is 24.6 Å². The molecule has 11 heteroatoms. The third-order valence-electron chi connectivity index (χ3n) is 6.83. The van der Waals surface area contributed by atoms with E-state index in [4.69, 9.17) is 42.1 Å². The summed E-state index contributed by atoms with van der Waals surface area (Å²) >= 11 is 12.6. The molecule has 1 aliphatic heterocycles. The molecule has 0 amide bonds. The lowest BCUT2D eigenvalue weighted by molar-refractivity contribution is -0.140. The number of ketones is 2. The number of Topliss-reactive ketones (excluding diaryl/α,β-unsaturated/α-hetero) is 2. The maximum atomic E-state index is 14.0. The lowest BCUT2D eigenvalue weighted by atomic mass is 9.69. The Balaban J connectivity index is 1.96. The highest BCUT2D eigenvalue weighted by Gasteiger charge is 2.61. The highest BCUT2D eigenvalue weighted by atomic mass is 35.5. The summed E-state index contributed by atoms with van der Waals surface area (Å²) < 4.78 is 21.6. The highest BCUT2D eigenvalue weighted by Crippen LogP contribution is 2.55. The van der Waals surface area contributed by atoms with Crippen molar-refractivity contribution in [3.8, 4) is 23.0 Å². The minimum absolute atomic E-state index is 0.00148. The number of aliphatic hydroxyl groups is 1. The van der Waals surface area contributed by atoms with Gasteiger partial charge in [-0.05, 0) is 17.7 Å². The first-order valence-electron chi connectivity index (χ1n) is 11.2. The summed E-state index contributed by atoms with van der Waals surface area (Å²) in [6.07, 6.45) is -0.536. The van der Waals surface area contributed by atoms with Gasteiger partial charge in [0.1, 0.15) is 27.8 Å². The van der Waals surface area contributed by atoms with Crippen molar-refractivity contribution < 1.29 is 43.5 Å². The van der Waals surface area contributed by atoms with E-state index in [1.165, 1.54) is 45.6 Å². The molecule has 0 fully saturated rings. The van der Waals surface area contributed by atoms with Crippen LogP contribution in [0.4, 0.5) is 0 Å². The summed E-state index contributed by atoms with van der Waals surface area (Å²) in [6, 6.07) is 5.57. The molecule has 1 unspecified atom stereocenters. The topological polar surface area (TPSA) is 129 Å². The molecule has 1 aliphatic carbocycles. The number of allylic oxidation sites excluding steroid dienone is 1. The number of aromatic hydroxyl groups is 1. The van der Waals surface area contributed by atoms with Gasteiger partial charge in [-0.1, -0.05) is 36.2 Å². The maximum Gasteiger partial charge on any atom is 0.306 e. The Bertz CT molecular complexity index is 1350. The second-order valence-corrected chi connectivity index (χ2v) is 9.59. The van der Waals surface area contributed by atoms with E-state index in [1.807, 2.05) is 0 Å². The zero-order valence-corrected chi connectivity index (χ0v) is 21.9. The van der Waals surface area contributed by atoms with Crippen LogP contribution < -0.4 is 14.2 Å². The lowest BCUT2D eigenvalue weighted by Gasteiger charge is -2.38. The Morgan fingerprint density at radius 1 is 1.14 bits per heavy atom. The van der Waals surface area contributed by atoms with Crippen LogP contribution >= 0.6 is 23.2 Å². The molecule has 2 N–H and O–H groups in total. The molecule has 196 valence electrons. The first-order valence-corrected chi connectivity index (χ1v) is 12.0. The first-order chi connectivity index (χ1) is 17.5. The monoisotopic (exact) mass is 550 g/mol. The molecule has 0 bridgehead atoms. The maximum absolute atomic E-state index is 14.0. The zero-order chi connectivity index (χ0) is 27.2. The Hall–Kier alpha value is -3.43. The number of aliphatic hydroxyl groups excluding tert-OH is 1. The van der Waals surface area contributed by atoms with E-state index in [1.54, 1.807) is 6.92 Å². The van der Waals surface area contributed by atoms with Crippen molar-refractivity contribution in [3.63, 3.8) is 0 Å². The number of ether oxygens (including phenoxy) is 4. The van der Waals surface area contributed by atoms with Crippen LogP contribution in [0.1, 0.15) is 41.6 Å². The van der Waals surface area contributed by atoms with Crippen LogP contribution in [0.3, 0.4) is 0 Å². The normalized spacial score (nSPS) is 21.5. The SMILES string of the molecule is COC(=O)CC(C1=C(O)[C@@]2(Oc3c(Cl)c(OC)cc(OC)c3C2=O)[C@H](C)CC1=O)c1ccc(O)c(Cl)c1. The molecule has 4 rings (SSSR count). The predicted molar refractivity (Wildman–Crippen MR) is 133 cm³/mol. The van der Waals surface area contributed by atoms with Gasteiger partial charge in [0.15, 0.2) is 17.3 Å². The molecule has 0 saturated carbocycles. The smallest absolute Gasteiger partial charge is 0.306 e. The van der Waals surface area contributed by atoms with E-state index in [0.717, 1.165) is 0 Å². The van der Waals surface area contributed by atoms with Crippen LogP contribution in [0.2, 0.25) is 10.0 Å². The van der Waals surface area contributed by atoms with Gasteiger partial charge in [0.05, 0.1) is 32.8 Å². The van der Waals surface area contributed by atoms with E-state index in [2.05, 4.69) is 0 Å². The Labute approximate surface area is 222 Å². The largest absolute Gasteiger partial charge is 0.507 e. The summed E-state index contributed by atoms with van der Waals surface area (Å²) in [5.74, 6) is -4.28. The van der Waals surface area contributed by atoms with Crippen LogP contribution in [-0.4, -0.2) is 54.7 Å². The average Bonchev–Trinajstić information content (AvgIpc) is 3.19. The van der Waals surface area contributed by atoms with Gasteiger partial charge >= 0.3 is 5.97 Å². The van der Waals surface area contributed by atoms with Crippen molar-refractivity contribution in [2.45, 2.75) is 31.3 Å². The van der Waals surface area contributed by atoms with Crippen LogP contribution in [0.15, 0.2) is 35.6 Å². The first kappa shape index (κ1) is 26.6. The molecule has 2 aromatic carbocycles. The molecule has 1 spiro atoms. The molecule has 2 aliphatic rings. The van der Waals surface area contributed by atoms with Gasteiger partial charge in [0, 0.05) is 29.9 Å². The number of fused-ring (bicyclic) bond motifs is 1. The Morgan fingerprint density at radius 3 is 2.41 bits per heavy atom. The quantitative estimate of drug-likeness (QED) is 0.487. The summed E-state index contributed by atoms with van der Waals surface area (Å²) in [6.45, 7) is 1.60. The standard InChI is InChI=1S/C26H24Cl2O9/c1-11-7-16(30)20(13(9-19(31)36-4)12-5-6-15(29)14(27)8-12)24(32)26(11)25(33)21-17(34-2)10-18(35-3)22(28)23(21)37-26/h5-6,8,10-11,13,29,32H,7,9H2,1-4H3/t11-,13?,26+/m1/s1. The molecule has 2 aromatic rings. The number of phenolic OH excluding ortho intramolecular Hbond substituents is 1. The second kappa shape index (κ2) is 9.79. The highest BCUT2D eigenvalue weighted by molar-refractivity contribution is 6.35.